The van der Waals surface area contributed by atoms with Gasteiger partial charge in [-0.3, -0.25) is 14.6 Å². The molecule has 3 rings (SSSR count). The normalized spacial score (nSPS) is 15.5. The summed E-state index contributed by atoms with van der Waals surface area (Å²) in [5, 5.41) is 7.76. The first-order valence-corrected chi connectivity index (χ1v) is 9.53. The quantitative estimate of drug-likeness (QED) is 0.391. The zero-order chi connectivity index (χ0) is 18.2. The Balaban J connectivity index is 0.00000261. The highest BCUT2D eigenvalue weighted by Crippen LogP contribution is 2.08. The summed E-state index contributed by atoms with van der Waals surface area (Å²) >= 11 is 0. The molecule has 0 amide bonds. The van der Waals surface area contributed by atoms with Crippen LogP contribution in [-0.4, -0.2) is 64.8 Å². The minimum Gasteiger partial charge on any atom is -0.357 e. The minimum atomic E-state index is 0. The Labute approximate surface area is 179 Å². The third kappa shape index (κ3) is 6.80. The number of guanidine groups is 1. The van der Waals surface area contributed by atoms with Crippen LogP contribution in [0.4, 0.5) is 0 Å². The molecule has 1 saturated heterocycles. The highest BCUT2D eigenvalue weighted by molar-refractivity contribution is 14.0. The number of nitrogens with zero attached hydrogens (tertiary/aromatic N) is 5. The van der Waals surface area contributed by atoms with E-state index in [9.17, 15) is 0 Å². The van der Waals surface area contributed by atoms with Crippen molar-refractivity contribution in [2.45, 2.75) is 26.9 Å². The first-order chi connectivity index (χ1) is 12.7. The summed E-state index contributed by atoms with van der Waals surface area (Å²) in [6, 6.07) is 10.7. The lowest BCUT2D eigenvalue weighted by molar-refractivity contribution is 0.172. The summed E-state index contributed by atoms with van der Waals surface area (Å²) in [5.74, 6) is 1.02. The minimum absolute atomic E-state index is 0. The molecular formula is C20H31IN6. The molecule has 0 unspecified atom stereocenters. The molecule has 0 atom stereocenters. The molecule has 0 radical (unpaired) electrons. The van der Waals surface area contributed by atoms with E-state index in [0.29, 0.717) is 0 Å². The number of rotatable bonds is 6. The van der Waals surface area contributed by atoms with E-state index in [2.05, 4.69) is 70.6 Å². The molecule has 27 heavy (non-hydrogen) atoms. The van der Waals surface area contributed by atoms with Crippen molar-refractivity contribution in [2.24, 2.45) is 4.99 Å². The van der Waals surface area contributed by atoms with E-state index < -0.39 is 0 Å². The molecule has 6 nitrogen and oxygen atoms in total. The highest BCUT2D eigenvalue weighted by atomic mass is 127. The average molecular weight is 482 g/mol. The highest BCUT2D eigenvalue weighted by Gasteiger charge is 2.19. The largest absolute Gasteiger partial charge is 0.357 e. The van der Waals surface area contributed by atoms with E-state index >= 15 is 0 Å². The smallest absolute Gasteiger partial charge is 0.194 e. The zero-order valence-corrected chi connectivity index (χ0v) is 18.7. The lowest BCUT2D eigenvalue weighted by Crippen LogP contribution is -2.52. The number of aryl methyl sites for hydroxylation is 1. The Morgan fingerprint density at radius 1 is 1.15 bits per heavy atom. The Morgan fingerprint density at radius 3 is 2.52 bits per heavy atom. The fourth-order valence-electron chi connectivity index (χ4n) is 3.23. The predicted octanol–water partition coefficient (Wildman–Crippen LogP) is 2.59. The van der Waals surface area contributed by atoms with E-state index in [0.717, 1.165) is 58.3 Å². The van der Waals surface area contributed by atoms with Gasteiger partial charge in [0.25, 0.3) is 0 Å². The molecule has 1 fully saturated rings. The van der Waals surface area contributed by atoms with Crippen LogP contribution in [0.1, 0.15) is 18.1 Å². The van der Waals surface area contributed by atoms with Gasteiger partial charge in [-0.25, -0.2) is 0 Å². The molecular weight excluding hydrogens is 451 g/mol. The van der Waals surface area contributed by atoms with E-state index in [4.69, 9.17) is 4.99 Å². The van der Waals surface area contributed by atoms with Crippen LogP contribution in [0.5, 0.6) is 0 Å². The van der Waals surface area contributed by atoms with Crippen LogP contribution < -0.4 is 5.32 Å². The third-order valence-corrected chi connectivity index (χ3v) is 4.61. The second kappa shape index (κ2) is 11.3. The van der Waals surface area contributed by atoms with Gasteiger partial charge in [0.1, 0.15) is 0 Å². The van der Waals surface area contributed by atoms with Gasteiger partial charge in [0, 0.05) is 45.5 Å². The average Bonchev–Trinajstić information content (AvgIpc) is 3.08. The summed E-state index contributed by atoms with van der Waals surface area (Å²) in [6.07, 6.45) is 3.95. The SMILES string of the molecule is CCNC(=NCCn1cc(C)cn1)N1CCN(Cc2ccccc2)CC1.I. The van der Waals surface area contributed by atoms with E-state index in [1.54, 1.807) is 0 Å². The Morgan fingerprint density at radius 2 is 1.89 bits per heavy atom. The molecule has 0 saturated carbocycles. The molecule has 1 aromatic carbocycles. The monoisotopic (exact) mass is 482 g/mol. The fourth-order valence-corrected chi connectivity index (χ4v) is 3.23. The van der Waals surface area contributed by atoms with Gasteiger partial charge in [0.05, 0.1) is 19.3 Å². The number of aliphatic imine (C=N–C) groups is 1. The van der Waals surface area contributed by atoms with Crippen molar-refractivity contribution in [1.29, 1.82) is 0 Å². The first kappa shape index (κ1) is 21.7. The molecule has 1 aliphatic heterocycles. The van der Waals surface area contributed by atoms with Crippen LogP contribution >= 0.6 is 24.0 Å². The lowest BCUT2D eigenvalue weighted by atomic mass is 10.2. The molecule has 2 aromatic rings. The standard InChI is InChI=1S/C20H30N6.HI/c1-3-21-20(22-9-10-26-16-18(2)15-23-26)25-13-11-24(12-14-25)17-19-7-5-4-6-8-19;/h4-8,15-16H,3,9-14,17H2,1-2H3,(H,21,22);1H. The Hall–Kier alpha value is -1.61. The van der Waals surface area contributed by atoms with Gasteiger partial charge in [-0.05, 0) is 25.0 Å². The summed E-state index contributed by atoms with van der Waals surface area (Å²) in [6.45, 7) is 11.8. The summed E-state index contributed by atoms with van der Waals surface area (Å²) in [4.78, 5) is 9.69. The van der Waals surface area contributed by atoms with Gasteiger partial charge in [0.2, 0.25) is 0 Å². The molecule has 1 aliphatic rings. The van der Waals surface area contributed by atoms with E-state index in [-0.39, 0.29) is 24.0 Å². The predicted molar refractivity (Wildman–Crippen MR) is 122 cm³/mol. The van der Waals surface area contributed by atoms with Crippen LogP contribution in [0, 0.1) is 6.92 Å². The zero-order valence-electron chi connectivity index (χ0n) is 16.3. The van der Waals surface area contributed by atoms with E-state index in [1.807, 2.05) is 10.9 Å². The number of halogens is 1. The maximum absolute atomic E-state index is 4.80. The van der Waals surface area contributed by atoms with Crippen LogP contribution in [-0.2, 0) is 13.1 Å². The van der Waals surface area contributed by atoms with Crippen LogP contribution in [0.15, 0.2) is 47.7 Å². The summed E-state index contributed by atoms with van der Waals surface area (Å²) in [5.41, 5.74) is 2.58. The Bertz CT molecular complexity index is 692. The van der Waals surface area contributed by atoms with Crippen molar-refractivity contribution < 1.29 is 0 Å². The van der Waals surface area contributed by atoms with Gasteiger partial charge in [-0.1, -0.05) is 30.3 Å². The van der Waals surface area contributed by atoms with Gasteiger partial charge < -0.3 is 10.2 Å². The number of benzene rings is 1. The number of nitrogens with one attached hydrogen (secondary N) is 1. The maximum Gasteiger partial charge on any atom is 0.194 e. The summed E-state index contributed by atoms with van der Waals surface area (Å²) < 4.78 is 1.96. The molecule has 1 aromatic heterocycles. The Kier molecular flexibility index (Phi) is 9.06. The van der Waals surface area contributed by atoms with Crippen molar-refractivity contribution in [3.63, 3.8) is 0 Å². The second-order valence-electron chi connectivity index (χ2n) is 6.77. The fraction of sp³-hybridized carbons (Fsp3) is 0.500. The number of aromatic nitrogens is 2. The molecule has 2 heterocycles. The molecule has 0 spiro atoms. The second-order valence-corrected chi connectivity index (χ2v) is 6.77. The number of hydrogen-bond acceptors (Lipinski definition) is 3. The molecule has 1 N–H and O–H groups in total. The molecule has 7 heteroatoms. The number of piperazine rings is 1. The summed E-state index contributed by atoms with van der Waals surface area (Å²) in [7, 11) is 0. The molecule has 148 valence electrons. The van der Waals surface area contributed by atoms with Crippen molar-refractivity contribution >= 4 is 29.9 Å². The van der Waals surface area contributed by atoms with Crippen LogP contribution in [0.2, 0.25) is 0 Å². The van der Waals surface area contributed by atoms with Gasteiger partial charge >= 0.3 is 0 Å². The van der Waals surface area contributed by atoms with Crippen molar-refractivity contribution in [1.82, 2.24) is 24.9 Å². The van der Waals surface area contributed by atoms with Crippen molar-refractivity contribution in [3.8, 4) is 0 Å². The van der Waals surface area contributed by atoms with Crippen LogP contribution in [0.3, 0.4) is 0 Å². The van der Waals surface area contributed by atoms with Crippen LogP contribution in [0.25, 0.3) is 0 Å². The maximum atomic E-state index is 4.80. The topological polar surface area (TPSA) is 48.7 Å². The third-order valence-electron chi connectivity index (χ3n) is 4.61. The number of hydrogen-bond donors (Lipinski definition) is 1. The lowest BCUT2D eigenvalue weighted by Gasteiger charge is -2.36. The molecule has 0 bridgehead atoms. The van der Waals surface area contributed by atoms with Crippen molar-refractivity contribution in [2.75, 3.05) is 39.3 Å². The molecule has 0 aliphatic carbocycles. The van der Waals surface area contributed by atoms with Gasteiger partial charge in [0.15, 0.2) is 5.96 Å². The van der Waals surface area contributed by atoms with Gasteiger partial charge in [-0.15, -0.1) is 24.0 Å². The van der Waals surface area contributed by atoms with Crippen molar-refractivity contribution in [3.05, 3.63) is 53.9 Å². The van der Waals surface area contributed by atoms with Gasteiger partial charge in [-0.2, -0.15) is 5.10 Å². The van der Waals surface area contributed by atoms with E-state index in [1.165, 1.54) is 11.1 Å². The first-order valence-electron chi connectivity index (χ1n) is 9.53.